The van der Waals surface area contributed by atoms with E-state index in [-0.39, 0.29) is 53.9 Å². The average Bonchev–Trinajstić information content (AvgIpc) is 3.29. The van der Waals surface area contributed by atoms with Crippen LogP contribution >= 0.6 is 24.0 Å². The Bertz CT molecular complexity index is 799. The van der Waals surface area contributed by atoms with Crippen molar-refractivity contribution in [1.82, 2.24) is 25.1 Å². The summed E-state index contributed by atoms with van der Waals surface area (Å²) in [7, 11) is -1.24. The molecule has 0 saturated carbocycles. The number of sulfone groups is 1. The van der Waals surface area contributed by atoms with E-state index in [2.05, 4.69) is 37.0 Å². The summed E-state index contributed by atoms with van der Waals surface area (Å²) in [5, 5.41) is 6.08. The van der Waals surface area contributed by atoms with Crippen LogP contribution in [0.5, 0.6) is 0 Å². The summed E-state index contributed by atoms with van der Waals surface area (Å²) in [6, 6.07) is 0.0822. The summed E-state index contributed by atoms with van der Waals surface area (Å²) in [5.41, 5.74) is 0. The van der Waals surface area contributed by atoms with E-state index >= 15 is 0 Å². The molecule has 3 rings (SSSR count). The third-order valence-electron chi connectivity index (χ3n) is 5.57. The topological polar surface area (TPSA) is 109 Å². The van der Waals surface area contributed by atoms with E-state index in [1.807, 2.05) is 12.5 Å². The molecule has 2 aliphatic heterocycles. The van der Waals surface area contributed by atoms with Crippen molar-refractivity contribution in [3.05, 3.63) is 18.7 Å². The monoisotopic (exact) mass is 538 g/mol. The number of carbonyl (C=O) groups excluding carboxylic acids is 1. The second-order valence-electron chi connectivity index (χ2n) is 7.68. The van der Waals surface area contributed by atoms with Crippen molar-refractivity contribution in [3.8, 4) is 0 Å². The minimum absolute atomic E-state index is 0. The van der Waals surface area contributed by atoms with Gasteiger partial charge in [0.15, 0.2) is 15.8 Å². The largest absolute Gasteiger partial charge is 0.356 e. The van der Waals surface area contributed by atoms with E-state index in [9.17, 15) is 13.2 Å². The van der Waals surface area contributed by atoms with Crippen molar-refractivity contribution in [2.24, 2.45) is 10.9 Å². The van der Waals surface area contributed by atoms with Crippen LogP contribution in [0.3, 0.4) is 0 Å². The van der Waals surface area contributed by atoms with E-state index in [0.717, 1.165) is 25.5 Å². The quantitative estimate of drug-likeness (QED) is 0.324. The van der Waals surface area contributed by atoms with Crippen LogP contribution in [-0.4, -0.2) is 79.0 Å². The Kier molecular flexibility index (Phi) is 8.73. The average molecular weight is 538 g/mol. The Labute approximate surface area is 189 Å². The fraction of sp³-hybridized carbons (Fsp3) is 0.722. The fourth-order valence-corrected chi connectivity index (χ4v) is 5.60. The van der Waals surface area contributed by atoms with E-state index in [1.54, 1.807) is 13.2 Å². The Morgan fingerprint density at radius 1 is 1.34 bits per heavy atom. The first-order valence-electron chi connectivity index (χ1n) is 9.81. The molecular weight excluding hydrogens is 507 g/mol. The molecule has 1 aromatic heterocycles. The summed E-state index contributed by atoms with van der Waals surface area (Å²) in [6.07, 6.45) is 7.49. The van der Waals surface area contributed by atoms with Gasteiger partial charge in [-0.2, -0.15) is 0 Å². The van der Waals surface area contributed by atoms with E-state index in [4.69, 9.17) is 0 Å². The van der Waals surface area contributed by atoms with Gasteiger partial charge in [0.25, 0.3) is 0 Å². The molecule has 0 spiro atoms. The Hall–Kier alpha value is -1.37. The van der Waals surface area contributed by atoms with Gasteiger partial charge in [0.05, 0.1) is 23.9 Å². The molecule has 11 heteroatoms. The third kappa shape index (κ3) is 6.56. The van der Waals surface area contributed by atoms with Crippen LogP contribution in [0.4, 0.5) is 0 Å². The van der Waals surface area contributed by atoms with Gasteiger partial charge >= 0.3 is 0 Å². The molecule has 0 radical (unpaired) electrons. The first-order chi connectivity index (χ1) is 13.4. The second kappa shape index (κ2) is 10.6. The lowest BCUT2D eigenvalue weighted by Crippen LogP contribution is -2.49. The molecule has 9 nitrogen and oxygen atoms in total. The van der Waals surface area contributed by atoms with Gasteiger partial charge in [-0.25, -0.2) is 13.4 Å². The number of halogens is 1. The molecular formula is C18H31IN6O3S. The molecule has 0 aliphatic carbocycles. The van der Waals surface area contributed by atoms with Crippen LogP contribution < -0.4 is 10.6 Å². The maximum Gasteiger partial charge on any atom is 0.222 e. The molecule has 2 fully saturated rings. The van der Waals surface area contributed by atoms with Gasteiger partial charge in [0.2, 0.25) is 5.91 Å². The zero-order valence-electron chi connectivity index (χ0n) is 17.0. The summed E-state index contributed by atoms with van der Waals surface area (Å²) in [5.74, 6) is 1.42. The highest BCUT2D eigenvalue weighted by Gasteiger charge is 2.30. The lowest BCUT2D eigenvalue weighted by atomic mass is 9.93. The predicted molar refractivity (Wildman–Crippen MR) is 123 cm³/mol. The number of aromatic nitrogens is 2. The maximum atomic E-state index is 12.1. The number of hydrogen-bond donors (Lipinski definition) is 2. The highest BCUT2D eigenvalue weighted by Crippen LogP contribution is 2.27. The fourth-order valence-electron chi connectivity index (χ4n) is 3.92. The van der Waals surface area contributed by atoms with Gasteiger partial charge in [-0.05, 0) is 18.8 Å². The molecule has 2 saturated heterocycles. The molecule has 2 aliphatic rings. The van der Waals surface area contributed by atoms with Crippen LogP contribution in [-0.2, 0) is 14.6 Å². The number of nitrogens with one attached hydrogen (secondary N) is 2. The van der Waals surface area contributed by atoms with Gasteiger partial charge in [-0.15, -0.1) is 24.0 Å². The van der Waals surface area contributed by atoms with Gasteiger partial charge in [-0.1, -0.05) is 6.92 Å². The summed E-state index contributed by atoms with van der Waals surface area (Å²) in [6.45, 7) is 4.47. The molecule has 3 heterocycles. The first kappa shape index (κ1) is 23.9. The zero-order chi connectivity index (χ0) is 20.1. The number of imidazole rings is 1. The molecule has 1 amide bonds. The summed E-state index contributed by atoms with van der Waals surface area (Å²) < 4.78 is 25.1. The maximum absolute atomic E-state index is 12.1. The smallest absolute Gasteiger partial charge is 0.222 e. The van der Waals surface area contributed by atoms with Gasteiger partial charge in [-0.3, -0.25) is 9.79 Å². The van der Waals surface area contributed by atoms with Crippen LogP contribution in [0.25, 0.3) is 0 Å². The highest BCUT2D eigenvalue weighted by atomic mass is 127. The normalized spacial score (nSPS) is 26.6. The van der Waals surface area contributed by atoms with Crippen LogP contribution in [0, 0.1) is 5.92 Å². The number of rotatable bonds is 5. The number of carbonyl (C=O) groups is 1. The highest BCUT2D eigenvalue weighted by molar-refractivity contribution is 14.0. The van der Waals surface area contributed by atoms with Crippen molar-refractivity contribution in [2.45, 2.75) is 38.3 Å². The third-order valence-corrected chi connectivity index (χ3v) is 7.34. The van der Waals surface area contributed by atoms with Crippen molar-refractivity contribution < 1.29 is 13.2 Å². The lowest BCUT2D eigenvalue weighted by molar-refractivity contribution is -0.121. The molecule has 29 heavy (non-hydrogen) atoms. The first-order valence-corrected chi connectivity index (χ1v) is 11.6. The number of aliphatic imine (C=N–C) groups is 1. The van der Waals surface area contributed by atoms with Crippen molar-refractivity contribution in [1.29, 1.82) is 0 Å². The number of amides is 1. The molecule has 164 valence electrons. The second-order valence-corrected chi connectivity index (χ2v) is 9.91. The number of guanidine groups is 1. The van der Waals surface area contributed by atoms with Crippen molar-refractivity contribution >= 4 is 45.7 Å². The minimum Gasteiger partial charge on any atom is -0.356 e. The number of nitrogens with zero attached hydrogens (tertiary/aromatic N) is 4. The number of likely N-dealkylation sites (tertiary alicyclic amines) is 1. The minimum atomic E-state index is -2.98. The standard InChI is InChI=1S/C18H30N6O3S.HI/c1-14-4-8-23(11-16(14)24-9-7-20-13-24)18(19-2)21-6-3-17(25)22-15-5-10-28(26,27)12-15;/h7,9,13-16H,3-6,8,10-12H2,1-2H3,(H,19,21)(H,22,25);1H. The Morgan fingerprint density at radius 3 is 2.76 bits per heavy atom. The van der Waals surface area contributed by atoms with Gasteiger partial charge < -0.3 is 20.1 Å². The number of piperidine rings is 1. The van der Waals surface area contributed by atoms with Crippen LogP contribution in [0.1, 0.15) is 32.2 Å². The van der Waals surface area contributed by atoms with Crippen molar-refractivity contribution in [3.63, 3.8) is 0 Å². The van der Waals surface area contributed by atoms with Gasteiger partial charge in [0, 0.05) is 51.5 Å². The van der Waals surface area contributed by atoms with E-state index in [1.165, 1.54) is 0 Å². The van der Waals surface area contributed by atoms with Crippen molar-refractivity contribution in [2.75, 3.05) is 38.2 Å². The summed E-state index contributed by atoms with van der Waals surface area (Å²) in [4.78, 5) is 22.8. The molecule has 3 atom stereocenters. The molecule has 0 bridgehead atoms. The number of hydrogen-bond acceptors (Lipinski definition) is 5. The molecule has 3 unspecified atom stereocenters. The Morgan fingerprint density at radius 2 is 2.14 bits per heavy atom. The molecule has 2 N–H and O–H groups in total. The zero-order valence-corrected chi connectivity index (χ0v) is 20.1. The summed E-state index contributed by atoms with van der Waals surface area (Å²) >= 11 is 0. The Balaban J connectivity index is 0.00000300. The van der Waals surface area contributed by atoms with Gasteiger partial charge in [0.1, 0.15) is 0 Å². The van der Waals surface area contributed by atoms with E-state index < -0.39 is 9.84 Å². The van der Waals surface area contributed by atoms with E-state index in [0.29, 0.717) is 24.9 Å². The lowest BCUT2D eigenvalue weighted by Gasteiger charge is -2.39. The molecule has 0 aromatic carbocycles. The molecule has 1 aromatic rings. The van der Waals surface area contributed by atoms with Crippen LogP contribution in [0.15, 0.2) is 23.7 Å². The SMILES string of the molecule is CN=C(NCCC(=O)NC1CCS(=O)(=O)C1)N1CCC(C)C(n2ccnc2)C1.I. The van der Waals surface area contributed by atoms with Crippen LogP contribution in [0.2, 0.25) is 0 Å². The predicted octanol–water partition coefficient (Wildman–Crippen LogP) is 0.653.